The molecule has 0 amide bonds. The fourth-order valence-corrected chi connectivity index (χ4v) is 1.40. The van der Waals surface area contributed by atoms with E-state index in [1.165, 1.54) is 5.56 Å². The van der Waals surface area contributed by atoms with Gasteiger partial charge in [-0.2, -0.15) is 0 Å². The zero-order valence-electron chi connectivity index (χ0n) is 9.11. The number of likely N-dealkylation sites (N-methyl/N-ethyl adjacent to an activating group) is 1. The van der Waals surface area contributed by atoms with E-state index in [0.717, 1.165) is 19.6 Å². The SMILES string of the molecule is CC=CCN(CC)Cc1ccccc1. The largest absolute Gasteiger partial charge is 0.296 e. The minimum absolute atomic E-state index is 1.04. The molecule has 0 heterocycles. The summed E-state index contributed by atoms with van der Waals surface area (Å²) in [6, 6.07) is 10.6. The zero-order valence-corrected chi connectivity index (χ0v) is 9.11. The highest BCUT2D eigenvalue weighted by molar-refractivity contribution is 5.14. The number of rotatable bonds is 5. The molecule has 0 saturated carbocycles. The summed E-state index contributed by atoms with van der Waals surface area (Å²) in [6.07, 6.45) is 4.31. The predicted octanol–water partition coefficient (Wildman–Crippen LogP) is 3.08. The maximum Gasteiger partial charge on any atom is 0.0236 e. The van der Waals surface area contributed by atoms with E-state index in [-0.39, 0.29) is 0 Å². The molecule has 0 radical (unpaired) electrons. The Morgan fingerprint density at radius 3 is 2.50 bits per heavy atom. The van der Waals surface area contributed by atoms with E-state index in [4.69, 9.17) is 0 Å². The average Bonchev–Trinajstić information content (AvgIpc) is 2.25. The van der Waals surface area contributed by atoms with Gasteiger partial charge in [0, 0.05) is 13.1 Å². The van der Waals surface area contributed by atoms with E-state index in [1.54, 1.807) is 0 Å². The molecule has 1 aromatic carbocycles. The van der Waals surface area contributed by atoms with Crippen LogP contribution >= 0.6 is 0 Å². The van der Waals surface area contributed by atoms with E-state index < -0.39 is 0 Å². The molecule has 0 saturated heterocycles. The smallest absolute Gasteiger partial charge is 0.0236 e. The van der Waals surface area contributed by atoms with Crippen LogP contribution in [0.1, 0.15) is 19.4 Å². The Bertz CT molecular complexity index is 264. The van der Waals surface area contributed by atoms with Crippen LogP contribution in [0.4, 0.5) is 0 Å². The Labute approximate surface area is 87.1 Å². The molecule has 0 fully saturated rings. The van der Waals surface area contributed by atoms with Crippen molar-refractivity contribution in [3.63, 3.8) is 0 Å². The molecule has 0 aliphatic rings. The number of hydrogen-bond donors (Lipinski definition) is 0. The standard InChI is InChI=1S/C13H19N/c1-3-5-11-14(4-2)12-13-9-7-6-8-10-13/h3,5-10H,4,11-12H2,1-2H3. The maximum atomic E-state index is 2.41. The lowest BCUT2D eigenvalue weighted by molar-refractivity contribution is 0.311. The molecule has 0 atom stereocenters. The summed E-state index contributed by atoms with van der Waals surface area (Å²) in [5, 5.41) is 0. The van der Waals surface area contributed by atoms with Gasteiger partial charge in [0.1, 0.15) is 0 Å². The Morgan fingerprint density at radius 1 is 1.21 bits per heavy atom. The molecule has 0 bridgehead atoms. The molecule has 1 nitrogen and oxygen atoms in total. The quantitative estimate of drug-likeness (QED) is 0.643. The minimum Gasteiger partial charge on any atom is -0.296 e. The zero-order chi connectivity index (χ0) is 10.2. The first-order valence-electron chi connectivity index (χ1n) is 5.24. The van der Waals surface area contributed by atoms with E-state index >= 15 is 0 Å². The van der Waals surface area contributed by atoms with Gasteiger partial charge in [-0.25, -0.2) is 0 Å². The molecule has 76 valence electrons. The van der Waals surface area contributed by atoms with Crippen molar-refractivity contribution in [2.45, 2.75) is 20.4 Å². The lowest BCUT2D eigenvalue weighted by atomic mass is 10.2. The lowest BCUT2D eigenvalue weighted by Gasteiger charge is -2.18. The molecule has 0 N–H and O–H groups in total. The van der Waals surface area contributed by atoms with Crippen LogP contribution in [0.15, 0.2) is 42.5 Å². The van der Waals surface area contributed by atoms with Gasteiger partial charge in [0.2, 0.25) is 0 Å². The molecule has 0 spiro atoms. The summed E-state index contributed by atoms with van der Waals surface area (Å²) in [4.78, 5) is 2.41. The Morgan fingerprint density at radius 2 is 1.93 bits per heavy atom. The van der Waals surface area contributed by atoms with E-state index in [9.17, 15) is 0 Å². The topological polar surface area (TPSA) is 3.24 Å². The maximum absolute atomic E-state index is 2.41. The second kappa shape index (κ2) is 6.39. The van der Waals surface area contributed by atoms with Crippen molar-refractivity contribution in [2.75, 3.05) is 13.1 Å². The van der Waals surface area contributed by atoms with Crippen LogP contribution in [-0.2, 0) is 6.54 Å². The fourth-order valence-electron chi connectivity index (χ4n) is 1.40. The lowest BCUT2D eigenvalue weighted by Crippen LogP contribution is -2.22. The second-order valence-electron chi connectivity index (χ2n) is 3.38. The third-order valence-corrected chi connectivity index (χ3v) is 2.30. The molecule has 0 aliphatic heterocycles. The minimum atomic E-state index is 1.04. The van der Waals surface area contributed by atoms with Gasteiger partial charge in [-0.1, -0.05) is 49.4 Å². The molecule has 0 unspecified atom stereocenters. The summed E-state index contributed by atoms with van der Waals surface area (Å²) in [7, 11) is 0. The van der Waals surface area contributed by atoms with Gasteiger partial charge in [-0.05, 0) is 19.0 Å². The molecule has 14 heavy (non-hydrogen) atoms. The van der Waals surface area contributed by atoms with Gasteiger partial charge in [0.25, 0.3) is 0 Å². The summed E-state index contributed by atoms with van der Waals surface area (Å²) in [5.74, 6) is 0. The first-order valence-corrected chi connectivity index (χ1v) is 5.24. The van der Waals surface area contributed by atoms with Crippen molar-refractivity contribution in [3.8, 4) is 0 Å². The second-order valence-corrected chi connectivity index (χ2v) is 3.38. The normalized spacial score (nSPS) is 11.4. The van der Waals surface area contributed by atoms with Crippen LogP contribution < -0.4 is 0 Å². The average molecular weight is 189 g/mol. The van der Waals surface area contributed by atoms with Crippen LogP contribution in [0.5, 0.6) is 0 Å². The Balaban J connectivity index is 2.48. The summed E-state index contributed by atoms with van der Waals surface area (Å²) in [5.41, 5.74) is 1.39. The van der Waals surface area contributed by atoms with E-state index in [1.807, 2.05) is 0 Å². The van der Waals surface area contributed by atoms with Crippen molar-refractivity contribution in [3.05, 3.63) is 48.0 Å². The van der Waals surface area contributed by atoms with Gasteiger partial charge in [-0.15, -0.1) is 0 Å². The highest BCUT2D eigenvalue weighted by Crippen LogP contribution is 2.03. The van der Waals surface area contributed by atoms with Gasteiger partial charge < -0.3 is 0 Å². The van der Waals surface area contributed by atoms with Crippen molar-refractivity contribution < 1.29 is 0 Å². The van der Waals surface area contributed by atoms with Gasteiger partial charge in [0.05, 0.1) is 0 Å². The van der Waals surface area contributed by atoms with Crippen LogP contribution in [-0.4, -0.2) is 18.0 Å². The van der Waals surface area contributed by atoms with Crippen LogP contribution in [0.2, 0.25) is 0 Å². The number of benzene rings is 1. The predicted molar refractivity (Wildman–Crippen MR) is 62.2 cm³/mol. The van der Waals surface area contributed by atoms with Gasteiger partial charge >= 0.3 is 0 Å². The summed E-state index contributed by atoms with van der Waals surface area (Å²) >= 11 is 0. The van der Waals surface area contributed by atoms with Crippen molar-refractivity contribution >= 4 is 0 Å². The van der Waals surface area contributed by atoms with Gasteiger partial charge in [0.15, 0.2) is 0 Å². The highest BCUT2D eigenvalue weighted by Gasteiger charge is 1.99. The van der Waals surface area contributed by atoms with E-state index in [0.29, 0.717) is 0 Å². The Kier molecular flexibility index (Phi) is 5.02. The molecule has 0 aliphatic carbocycles. The first kappa shape index (κ1) is 11.0. The van der Waals surface area contributed by atoms with Crippen LogP contribution in [0, 0.1) is 0 Å². The number of nitrogens with zero attached hydrogens (tertiary/aromatic N) is 1. The summed E-state index contributed by atoms with van der Waals surface area (Å²) in [6.45, 7) is 7.45. The third kappa shape index (κ3) is 3.75. The third-order valence-electron chi connectivity index (χ3n) is 2.30. The van der Waals surface area contributed by atoms with Crippen LogP contribution in [0.3, 0.4) is 0 Å². The summed E-state index contributed by atoms with van der Waals surface area (Å²) < 4.78 is 0. The van der Waals surface area contributed by atoms with Gasteiger partial charge in [-0.3, -0.25) is 4.90 Å². The monoisotopic (exact) mass is 189 g/mol. The first-order chi connectivity index (χ1) is 6.86. The highest BCUT2D eigenvalue weighted by atomic mass is 15.1. The van der Waals surface area contributed by atoms with E-state index in [2.05, 4.69) is 61.2 Å². The molecule has 1 aromatic rings. The number of allylic oxidation sites excluding steroid dienone is 1. The van der Waals surface area contributed by atoms with Crippen molar-refractivity contribution in [1.82, 2.24) is 4.90 Å². The fraction of sp³-hybridized carbons (Fsp3) is 0.385. The van der Waals surface area contributed by atoms with Crippen molar-refractivity contribution in [2.24, 2.45) is 0 Å². The molecule has 0 aromatic heterocycles. The molecular weight excluding hydrogens is 170 g/mol. The molecular formula is C13H19N. The van der Waals surface area contributed by atoms with Crippen molar-refractivity contribution in [1.29, 1.82) is 0 Å². The Hall–Kier alpha value is -1.08. The number of hydrogen-bond acceptors (Lipinski definition) is 1. The molecule has 1 rings (SSSR count). The van der Waals surface area contributed by atoms with Crippen LogP contribution in [0.25, 0.3) is 0 Å². The molecule has 1 heteroatoms.